The number of aromatic hydroxyl groups is 1. The van der Waals surface area contributed by atoms with Gasteiger partial charge in [-0.25, -0.2) is 5.43 Å². The smallest absolute Gasteiger partial charge is 0.277 e. The molecule has 2 N–H and O–H groups in total. The van der Waals surface area contributed by atoms with Crippen molar-refractivity contribution < 1.29 is 19.4 Å². The second-order valence-electron chi connectivity index (χ2n) is 5.74. The Morgan fingerprint density at radius 1 is 1.28 bits per heavy atom. The monoisotopic (exact) mass is 342 g/mol. The number of nitrogens with one attached hydrogen (secondary N) is 1. The summed E-state index contributed by atoms with van der Waals surface area (Å²) in [7, 11) is 1.47. The lowest BCUT2D eigenvalue weighted by Gasteiger charge is -2.09. The van der Waals surface area contributed by atoms with Crippen molar-refractivity contribution in [1.82, 2.24) is 5.43 Å². The van der Waals surface area contributed by atoms with Crippen molar-refractivity contribution in [1.29, 1.82) is 0 Å². The van der Waals surface area contributed by atoms with E-state index in [-0.39, 0.29) is 18.3 Å². The van der Waals surface area contributed by atoms with Crippen LogP contribution in [0.25, 0.3) is 0 Å². The maximum absolute atomic E-state index is 11.8. The van der Waals surface area contributed by atoms with E-state index in [1.54, 1.807) is 12.1 Å². The summed E-state index contributed by atoms with van der Waals surface area (Å²) < 4.78 is 10.4. The van der Waals surface area contributed by atoms with Crippen molar-refractivity contribution in [3.8, 4) is 17.2 Å². The van der Waals surface area contributed by atoms with E-state index < -0.39 is 0 Å². The number of nitrogens with zero attached hydrogens (tertiary/aromatic N) is 1. The third-order valence-electron chi connectivity index (χ3n) is 3.50. The highest BCUT2D eigenvalue weighted by Crippen LogP contribution is 2.25. The van der Waals surface area contributed by atoms with Gasteiger partial charge < -0.3 is 14.6 Å². The summed E-state index contributed by atoms with van der Waals surface area (Å²) in [6.45, 7) is 4.06. The van der Waals surface area contributed by atoms with Gasteiger partial charge in [0, 0.05) is 0 Å². The summed E-state index contributed by atoms with van der Waals surface area (Å²) in [5.74, 6) is 1.04. The quantitative estimate of drug-likeness (QED) is 0.599. The molecular weight excluding hydrogens is 320 g/mol. The third kappa shape index (κ3) is 5.53. The van der Waals surface area contributed by atoms with Crippen LogP contribution in [0.1, 0.15) is 30.9 Å². The first-order valence-electron chi connectivity index (χ1n) is 7.91. The number of phenolic OH excluding ortho intramolecular Hbond substituents is 1. The van der Waals surface area contributed by atoms with Crippen LogP contribution in [0.2, 0.25) is 0 Å². The van der Waals surface area contributed by atoms with Gasteiger partial charge in [-0.1, -0.05) is 26.0 Å². The van der Waals surface area contributed by atoms with Gasteiger partial charge in [-0.05, 0) is 47.4 Å². The van der Waals surface area contributed by atoms with Crippen molar-refractivity contribution in [2.24, 2.45) is 5.10 Å². The Kier molecular flexibility index (Phi) is 6.39. The van der Waals surface area contributed by atoms with E-state index in [9.17, 15) is 9.90 Å². The van der Waals surface area contributed by atoms with Crippen molar-refractivity contribution in [2.45, 2.75) is 19.8 Å². The van der Waals surface area contributed by atoms with Gasteiger partial charge in [-0.2, -0.15) is 5.10 Å². The lowest BCUT2D eigenvalue weighted by molar-refractivity contribution is -0.123. The number of hydrogen-bond acceptors (Lipinski definition) is 5. The number of benzene rings is 2. The lowest BCUT2D eigenvalue weighted by atomic mass is 10.0. The molecule has 0 unspecified atom stereocenters. The summed E-state index contributed by atoms with van der Waals surface area (Å²) in [6.07, 6.45) is 1.43. The number of rotatable bonds is 7. The molecule has 2 aromatic rings. The SMILES string of the molecule is COc1ccc(/C=N/NC(=O)COc2cccc(C(C)C)c2)cc1O. The van der Waals surface area contributed by atoms with E-state index in [1.807, 2.05) is 24.3 Å². The molecule has 0 spiro atoms. The predicted octanol–water partition coefficient (Wildman–Crippen LogP) is 3.05. The highest BCUT2D eigenvalue weighted by Gasteiger charge is 2.04. The van der Waals surface area contributed by atoms with Crippen molar-refractivity contribution in [2.75, 3.05) is 13.7 Å². The van der Waals surface area contributed by atoms with Crippen molar-refractivity contribution in [3.63, 3.8) is 0 Å². The fraction of sp³-hybridized carbons (Fsp3) is 0.263. The molecule has 2 rings (SSSR count). The third-order valence-corrected chi connectivity index (χ3v) is 3.50. The van der Waals surface area contributed by atoms with Gasteiger partial charge in [0.05, 0.1) is 13.3 Å². The number of carbonyl (C=O) groups is 1. The Labute approximate surface area is 147 Å². The van der Waals surface area contributed by atoms with Gasteiger partial charge in [0.1, 0.15) is 5.75 Å². The normalized spacial score (nSPS) is 10.9. The van der Waals surface area contributed by atoms with Crippen LogP contribution in [0.4, 0.5) is 0 Å². The molecule has 0 bridgehead atoms. The second kappa shape index (κ2) is 8.73. The van der Waals surface area contributed by atoms with E-state index >= 15 is 0 Å². The molecule has 0 saturated heterocycles. The summed E-state index contributed by atoms with van der Waals surface area (Å²) in [5, 5.41) is 13.5. The van der Waals surface area contributed by atoms with Gasteiger partial charge in [0.25, 0.3) is 5.91 Å². The van der Waals surface area contributed by atoms with E-state index in [2.05, 4.69) is 24.4 Å². The predicted molar refractivity (Wildman–Crippen MR) is 96.4 cm³/mol. The standard InChI is InChI=1S/C19H22N2O4/c1-13(2)15-5-4-6-16(10-15)25-12-19(23)21-20-11-14-7-8-18(24-3)17(22)9-14/h4-11,13,22H,12H2,1-3H3,(H,21,23)/b20-11+. The maximum atomic E-state index is 11.8. The first-order chi connectivity index (χ1) is 12.0. The number of hydrazone groups is 1. The van der Waals surface area contributed by atoms with Crippen LogP contribution in [0.15, 0.2) is 47.6 Å². The van der Waals surface area contributed by atoms with E-state index in [1.165, 1.54) is 19.4 Å². The molecule has 0 aliphatic heterocycles. The van der Waals surface area contributed by atoms with Crippen LogP contribution >= 0.6 is 0 Å². The average molecular weight is 342 g/mol. The highest BCUT2D eigenvalue weighted by atomic mass is 16.5. The minimum atomic E-state index is -0.371. The zero-order valence-electron chi connectivity index (χ0n) is 14.5. The van der Waals surface area contributed by atoms with Crippen LogP contribution in [0.5, 0.6) is 17.2 Å². The van der Waals surface area contributed by atoms with Crippen LogP contribution in [0, 0.1) is 0 Å². The molecule has 0 fully saturated rings. The van der Waals surface area contributed by atoms with Crippen LogP contribution < -0.4 is 14.9 Å². The number of carbonyl (C=O) groups excluding carboxylic acids is 1. The molecule has 0 heterocycles. The summed E-state index contributed by atoms with van der Waals surface area (Å²) >= 11 is 0. The fourth-order valence-corrected chi connectivity index (χ4v) is 2.11. The summed E-state index contributed by atoms with van der Waals surface area (Å²) in [5.41, 5.74) is 4.16. The molecule has 25 heavy (non-hydrogen) atoms. The van der Waals surface area contributed by atoms with Gasteiger partial charge in [-0.15, -0.1) is 0 Å². The first kappa shape index (κ1) is 18.3. The van der Waals surface area contributed by atoms with E-state index in [0.29, 0.717) is 23.0 Å². The molecule has 0 atom stereocenters. The lowest BCUT2D eigenvalue weighted by Crippen LogP contribution is -2.24. The summed E-state index contributed by atoms with van der Waals surface area (Å²) in [6, 6.07) is 12.5. The molecular formula is C19H22N2O4. The Bertz CT molecular complexity index is 757. The Hall–Kier alpha value is -3.02. The topological polar surface area (TPSA) is 80.2 Å². The molecule has 132 valence electrons. The number of phenols is 1. The van der Waals surface area contributed by atoms with Gasteiger partial charge in [-0.3, -0.25) is 4.79 Å². The van der Waals surface area contributed by atoms with Crippen molar-refractivity contribution >= 4 is 12.1 Å². The van der Waals surface area contributed by atoms with E-state index in [0.717, 1.165) is 5.56 Å². The Morgan fingerprint density at radius 3 is 2.76 bits per heavy atom. The zero-order valence-corrected chi connectivity index (χ0v) is 14.5. The molecule has 2 aromatic carbocycles. The van der Waals surface area contributed by atoms with Gasteiger partial charge in [0.2, 0.25) is 0 Å². The van der Waals surface area contributed by atoms with Crippen LogP contribution in [0.3, 0.4) is 0 Å². The molecule has 0 aliphatic rings. The molecule has 0 aromatic heterocycles. The number of methoxy groups -OCH3 is 1. The first-order valence-corrected chi connectivity index (χ1v) is 7.91. The zero-order chi connectivity index (χ0) is 18.2. The number of hydrogen-bond donors (Lipinski definition) is 2. The van der Waals surface area contributed by atoms with E-state index in [4.69, 9.17) is 9.47 Å². The van der Waals surface area contributed by atoms with Crippen molar-refractivity contribution in [3.05, 3.63) is 53.6 Å². The summed E-state index contributed by atoms with van der Waals surface area (Å²) in [4.78, 5) is 11.8. The maximum Gasteiger partial charge on any atom is 0.277 e. The number of amides is 1. The molecule has 6 nitrogen and oxygen atoms in total. The Balaban J connectivity index is 1.84. The fourth-order valence-electron chi connectivity index (χ4n) is 2.11. The highest BCUT2D eigenvalue weighted by molar-refractivity contribution is 5.83. The minimum Gasteiger partial charge on any atom is -0.504 e. The second-order valence-corrected chi connectivity index (χ2v) is 5.74. The average Bonchev–Trinajstić information content (AvgIpc) is 2.60. The molecule has 0 radical (unpaired) electrons. The molecule has 6 heteroatoms. The van der Waals surface area contributed by atoms with Gasteiger partial charge >= 0.3 is 0 Å². The van der Waals surface area contributed by atoms with Crippen LogP contribution in [-0.2, 0) is 4.79 Å². The van der Waals surface area contributed by atoms with Crippen LogP contribution in [-0.4, -0.2) is 30.9 Å². The minimum absolute atomic E-state index is 0.00569. The molecule has 1 amide bonds. The number of ether oxygens (including phenoxy) is 2. The molecule has 0 saturated carbocycles. The van der Waals surface area contributed by atoms with Gasteiger partial charge in [0.15, 0.2) is 18.1 Å². The largest absolute Gasteiger partial charge is 0.504 e. The Morgan fingerprint density at radius 2 is 2.08 bits per heavy atom. The molecule has 0 aliphatic carbocycles.